The van der Waals surface area contributed by atoms with Crippen molar-refractivity contribution in [1.82, 2.24) is 5.32 Å². The Bertz CT molecular complexity index is 193. The van der Waals surface area contributed by atoms with Crippen LogP contribution in [0.25, 0.3) is 0 Å². The van der Waals surface area contributed by atoms with E-state index in [9.17, 15) is 9.90 Å². The van der Waals surface area contributed by atoms with E-state index >= 15 is 0 Å². The van der Waals surface area contributed by atoms with E-state index in [1.807, 2.05) is 18.7 Å². The lowest BCUT2D eigenvalue weighted by molar-refractivity contribution is -0.122. The molecule has 0 saturated carbocycles. The van der Waals surface area contributed by atoms with Gasteiger partial charge in [-0.3, -0.25) is 4.79 Å². The fourth-order valence-corrected chi connectivity index (χ4v) is 2.86. The summed E-state index contributed by atoms with van der Waals surface area (Å²) in [6.45, 7) is 2.31. The molecule has 4 heteroatoms. The molecule has 1 unspecified atom stereocenters. The van der Waals surface area contributed by atoms with Crippen LogP contribution in [-0.2, 0) is 4.79 Å². The SMILES string of the molecule is CCC(O)CNC(=O)CC1CCSCC1. The highest BCUT2D eigenvalue weighted by Gasteiger charge is 2.17. The van der Waals surface area contributed by atoms with E-state index in [4.69, 9.17) is 0 Å². The van der Waals surface area contributed by atoms with Gasteiger partial charge in [0, 0.05) is 13.0 Å². The van der Waals surface area contributed by atoms with Crippen molar-refractivity contribution >= 4 is 17.7 Å². The Labute approximate surface area is 96.0 Å². The number of amides is 1. The van der Waals surface area contributed by atoms with Gasteiger partial charge in [0.1, 0.15) is 0 Å². The predicted octanol–water partition coefficient (Wildman–Crippen LogP) is 1.41. The van der Waals surface area contributed by atoms with Gasteiger partial charge in [0.05, 0.1) is 6.10 Å². The maximum Gasteiger partial charge on any atom is 0.220 e. The first-order chi connectivity index (χ1) is 7.22. The van der Waals surface area contributed by atoms with E-state index in [0.717, 1.165) is 12.8 Å². The van der Waals surface area contributed by atoms with Crippen molar-refractivity contribution in [1.29, 1.82) is 0 Å². The van der Waals surface area contributed by atoms with E-state index in [0.29, 0.717) is 25.3 Å². The van der Waals surface area contributed by atoms with Crippen LogP contribution in [0.3, 0.4) is 0 Å². The molecular weight excluding hydrogens is 210 g/mol. The van der Waals surface area contributed by atoms with Crippen molar-refractivity contribution in [2.24, 2.45) is 5.92 Å². The molecule has 1 amide bonds. The molecule has 0 aromatic heterocycles. The monoisotopic (exact) mass is 231 g/mol. The molecule has 1 rings (SSSR count). The number of aliphatic hydroxyl groups excluding tert-OH is 1. The van der Waals surface area contributed by atoms with Crippen LogP contribution in [0.4, 0.5) is 0 Å². The number of hydrogen-bond donors (Lipinski definition) is 2. The summed E-state index contributed by atoms with van der Waals surface area (Å²) >= 11 is 1.98. The molecule has 0 spiro atoms. The lowest BCUT2D eigenvalue weighted by atomic mass is 9.98. The molecule has 1 saturated heterocycles. The first-order valence-electron chi connectivity index (χ1n) is 5.75. The third-order valence-corrected chi connectivity index (χ3v) is 3.87. The van der Waals surface area contributed by atoms with Crippen molar-refractivity contribution in [2.45, 2.75) is 38.7 Å². The average molecular weight is 231 g/mol. The van der Waals surface area contributed by atoms with Crippen molar-refractivity contribution in [3.05, 3.63) is 0 Å². The lowest BCUT2D eigenvalue weighted by Gasteiger charge is -2.20. The average Bonchev–Trinajstić information content (AvgIpc) is 2.27. The van der Waals surface area contributed by atoms with Gasteiger partial charge in [0.15, 0.2) is 0 Å². The molecule has 0 aromatic rings. The molecule has 1 aliphatic rings. The molecule has 0 radical (unpaired) electrons. The largest absolute Gasteiger partial charge is 0.391 e. The van der Waals surface area contributed by atoms with E-state index in [1.165, 1.54) is 11.5 Å². The molecule has 0 aliphatic carbocycles. The molecule has 1 heterocycles. The summed E-state index contributed by atoms with van der Waals surface area (Å²) in [7, 11) is 0. The van der Waals surface area contributed by atoms with Crippen molar-refractivity contribution in [3.8, 4) is 0 Å². The van der Waals surface area contributed by atoms with Crippen LogP contribution in [0.1, 0.15) is 32.6 Å². The standard InChI is InChI=1S/C11H21NO2S/c1-2-10(13)8-12-11(14)7-9-3-5-15-6-4-9/h9-10,13H,2-8H2,1H3,(H,12,14). The highest BCUT2D eigenvalue weighted by Crippen LogP contribution is 2.24. The molecule has 3 nitrogen and oxygen atoms in total. The smallest absolute Gasteiger partial charge is 0.220 e. The summed E-state index contributed by atoms with van der Waals surface area (Å²) in [4.78, 5) is 11.5. The van der Waals surface area contributed by atoms with Crippen molar-refractivity contribution < 1.29 is 9.90 Å². The Morgan fingerprint density at radius 1 is 1.53 bits per heavy atom. The molecule has 0 bridgehead atoms. The Hall–Kier alpha value is -0.220. The number of thioether (sulfide) groups is 1. The molecule has 88 valence electrons. The molecule has 2 N–H and O–H groups in total. The van der Waals surface area contributed by atoms with Gasteiger partial charge < -0.3 is 10.4 Å². The minimum Gasteiger partial charge on any atom is -0.391 e. The molecular formula is C11H21NO2S. The first-order valence-corrected chi connectivity index (χ1v) is 6.90. The highest BCUT2D eigenvalue weighted by atomic mass is 32.2. The normalized spacial score (nSPS) is 19.9. The number of rotatable bonds is 5. The quantitative estimate of drug-likeness (QED) is 0.752. The van der Waals surface area contributed by atoms with Gasteiger partial charge in [-0.05, 0) is 36.7 Å². The fourth-order valence-electron chi connectivity index (χ4n) is 1.66. The Morgan fingerprint density at radius 2 is 2.20 bits per heavy atom. The molecule has 0 aromatic carbocycles. The van der Waals surface area contributed by atoms with Gasteiger partial charge >= 0.3 is 0 Å². The van der Waals surface area contributed by atoms with Crippen molar-refractivity contribution in [2.75, 3.05) is 18.1 Å². The minimum atomic E-state index is -0.393. The third kappa shape index (κ3) is 5.42. The Kier molecular flexibility index (Phi) is 6.10. The van der Waals surface area contributed by atoms with Crippen LogP contribution in [0, 0.1) is 5.92 Å². The Morgan fingerprint density at radius 3 is 2.80 bits per heavy atom. The van der Waals surface area contributed by atoms with Crippen molar-refractivity contribution in [3.63, 3.8) is 0 Å². The topological polar surface area (TPSA) is 49.3 Å². The van der Waals surface area contributed by atoms with E-state index in [-0.39, 0.29) is 5.91 Å². The van der Waals surface area contributed by atoms with Gasteiger partial charge in [-0.2, -0.15) is 11.8 Å². The number of carbonyl (C=O) groups is 1. The van der Waals surface area contributed by atoms with Crippen LogP contribution >= 0.6 is 11.8 Å². The maximum atomic E-state index is 11.5. The van der Waals surface area contributed by atoms with Crippen LogP contribution < -0.4 is 5.32 Å². The fraction of sp³-hybridized carbons (Fsp3) is 0.909. The molecule has 1 fully saturated rings. The van der Waals surface area contributed by atoms with Crippen LogP contribution in [-0.4, -0.2) is 35.2 Å². The Balaban J connectivity index is 2.11. The molecule has 1 atom stereocenters. The predicted molar refractivity (Wildman–Crippen MR) is 64.0 cm³/mol. The van der Waals surface area contributed by atoms with Gasteiger partial charge in [-0.15, -0.1) is 0 Å². The van der Waals surface area contributed by atoms with Gasteiger partial charge in [-0.25, -0.2) is 0 Å². The highest BCUT2D eigenvalue weighted by molar-refractivity contribution is 7.99. The second-order valence-electron chi connectivity index (χ2n) is 4.13. The van der Waals surface area contributed by atoms with Crippen LogP contribution in [0.15, 0.2) is 0 Å². The number of aliphatic hydroxyl groups is 1. The zero-order valence-corrected chi connectivity index (χ0v) is 10.2. The van der Waals surface area contributed by atoms with E-state index in [2.05, 4.69) is 5.32 Å². The summed E-state index contributed by atoms with van der Waals surface area (Å²) in [5.74, 6) is 3.04. The minimum absolute atomic E-state index is 0.0967. The maximum absolute atomic E-state index is 11.5. The lowest BCUT2D eigenvalue weighted by Crippen LogP contribution is -2.33. The zero-order valence-electron chi connectivity index (χ0n) is 9.37. The third-order valence-electron chi connectivity index (χ3n) is 2.82. The van der Waals surface area contributed by atoms with Crippen LogP contribution in [0.5, 0.6) is 0 Å². The van der Waals surface area contributed by atoms with Crippen LogP contribution in [0.2, 0.25) is 0 Å². The first kappa shape index (κ1) is 12.8. The summed E-state index contributed by atoms with van der Waals surface area (Å²) in [6.07, 6.45) is 3.26. The number of hydrogen-bond acceptors (Lipinski definition) is 3. The summed E-state index contributed by atoms with van der Waals surface area (Å²) in [5.41, 5.74) is 0. The summed E-state index contributed by atoms with van der Waals surface area (Å²) < 4.78 is 0. The summed E-state index contributed by atoms with van der Waals surface area (Å²) in [6, 6.07) is 0. The van der Waals surface area contributed by atoms with Gasteiger partial charge in [0.2, 0.25) is 5.91 Å². The number of carbonyl (C=O) groups excluding carboxylic acids is 1. The zero-order chi connectivity index (χ0) is 11.1. The summed E-state index contributed by atoms with van der Waals surface area (Å²) in [5, 5.41) is 12.1. The van der Waals surface area contributed by atoms with Gasteiger partial charge in [-0.1, -0.05) is 6.92 Å². The second kappa shape index (κ2) is 7.12. The number of nitrogens with one attached hydrogen (secondary N) is 1. The van der Waals surface area contributed by atoms with E-state index < -0.39 is 6.10 Å². The van der Waals surface area contributed by atoms with E-state index in [1.54, 1.807) is 0 Å². The molecule has 15 heavy (non-hydrogen) atoms. The second-order valence-corrected chi connectivity index (χ2v) is 5.35. The molecule has 1 aliphatic heterocycles. The van der Waals surface area contributed by atoms with Gasteiger partial charge in [0.25, 0.3) is 0 Å².